The number of nitrogens with one attached hydrogen (secondary N) is 1. The Bertz CT molecular complexity index is 434. The van der Waals surface area contributed by atoms with Crippen LogP contribution in [-0.2, 0) is 11.3 Å². The topological polar surface area (TPSA) is 66.4 Å². The minimum absolute atomic E-state index is 0.0122. The van der Waals surface area contributed by atoms with Gasteiger partial charge in [-0.2, -0.15) is 11.8 Å². The number of unbranched alkanes of at least 4 members (excludes halogenated alkanes) is 1. The molecule has 0 bridgehead atoms. The Kier molecular flexibility index (Phi) is 7.03. The van der Waals surface area contributed by atoms with Gasteiger partial charge in [0.2, 0.25) is 5.91 Å². The Morgan fingerprint density at radius 2 is 2.16 bits per heavy atom. The number of benzene rings is 1. The highest BCUT2D eigenvalue weighted by Gasteiger charge is 2.05. The zero-order chi connectivity index (χ0) is 14.1. The molecule has 0 unspecified atom stereocenters. The Morgan fingerprint density at radius 3 is 2.84 bits per heavy atom. The third-order valence-corrected chi connectivity index (χ3v) is 3.58. The number of rotatable bonds is 8. The molecule has 1 aromatic carbocycles. The van der Waals surface area contributed by atoms with Crippen LogP contribution in [0.15, 0.2) is 24.3 Å². The van der Waals surface area contributed by atoms with Crippen LogP contribution in [0.1, 0.15) is 35.7 Å². The molecule has 104 valence electrons. The van der Waals surface area contributed by atoms with E-state index in [1.807, 2.05) is 0 Å². The smallest absolute Gasteiger partial charge is 0.335 e. The standard InChI is InChI=1S/C14H19NO3S/c1-2-3-7-19-10-13(16)15-9-11-5-4-6-12(8-11)14(17)18/h4-6,8H,2-3,7,9-10H2,1H3,(H,15,16)(H,17,18). The van der Waals surface area contributed by atoms with Gasteiger partial charge in [0, 0.05) is 6.54 Å². The van der Waals surface area contributed by atoms with Gasteiger partial charge in [0.05, 0.1) is 11.3 Å². The largest absolute Gasteiger partial charge is 0.478 e. The first-order valence-corrected chi connectivity index (χ1v) is 7.45. The second kappa shape index (κ2) is 8.58. The van der Waals surface area contributed by atoms with Crippen molar-refractivity contribution in [2.75, 3.05) is 11.5 Å². The molecule has 0 atom stereocenters. The summed E-state index contributed by atoms with van der Waals surface area (Å²) in [5, 5.41) is 11.7. The number of carboxylic acid groups (broad SMARTS) is 1. The summed E-state index contributed by atoms with van der Waals surface area (Å²) in [6.07, 6.45) is 2.26. The Balaban J connectivity index is 2.33. The van der Waals surface area contributed by atoms with Crippen LogP contribution in [0, 0.1) is 0 Å². The summed E-state index contributed by atoms with van der Waals surface area (Å²) < 4.78 is 0. The normalized spacial score (nSPS) is 10.2. The number of amides is 1. The molecule has 0 heterocycles. The second-order valence-electron chi connectivity index (χ2n) is 4.19. The van der Waals surface area contributed by atoms with Gasteiger partial charge in [-0.05, 0) is 29.9 Å². The van der Waals surface area contributed by atoms with Crippen LogP contribution in [0.3, 0.4) is 0 Å². The summed E-state index contributed by atoms with van der Waals surface area (Å²) in [7, 11) is 0. The van der Waals surface area contributed by atoms with Crippen LogP contribution in [0.2, 0.25) is 0 Å². The maximum atomic E-state index is 11.6. The molecule has 4 nitrogen and oxygen atoms in total. The quantitative estimate of drug-likeness (QED) is 0.719. The van der Waals surface area contributed by atoms with E-state index in [9.17, 15) is 9.59 Å². The first kappa shape index (κ1) is 15.6. The molecule has 1 rings (SSSR count). The molecular weight excluding hydrogens is 262 g/mol. The molecule has 0 aromatic heterocycles. The Labute approximate surface area is 117 Å². The number of aromatic carboxylic acids is 1. The first-order valence-electron chi connectivity index (χ1n) is 6.30. The predicted octanol–water partition coefficient (Wildman–Crippen LogP) is 2.53. The van der Waals surface area contributed by atoms with Gasteiger partial charge < -0.3 is 10.4 Å². The number of carboxylic acids is 1. The molecule has 1 amide bonds. The fourth-order valence-corrected chi connectivity index (χ4v) is 2.40. The SMILES string of the molecule is CCCCSCC(=O)NCc1cccc(C(=O)O)c1. The monoisotopic (exact) mass is 281 g/mol. The van der Waals surface area contributed by atoms with Crippen molar-refractivity contribution in [1.82, 2.24) is 5.32 Å². The second-order valence-corrected chi connectivity index (χ2v) is 5.29. The van der Waals surface area contributed by atoms with Gasteiger partial charge in [-0.3, -0.25) is 4.79 Å². The number of thioether (sulfide) groups is 1. The van der Waals surface area contributed by atoms with E-state index in [0.717, 1.165) is 24.2 Å². The predicted molar refractivity (Wildman–Crippen MR) is 77.5 cm³/mol. The maximum absolute atomic E-state index is 11.6. The summed E-state index contributed by atoms with van der Waals surface area (Å²) in [6.45, 7) is 2.49. The zero-order valence-electron chi connectivity index (χ0n) is 11.0. The fourth-order valence-electron chi connectivity index (χ4n) is 1.48. The minimum atomic E-state index is -0.955. The molecule has 0 aliphatic heterocycles. The Morgan fingerprint density at radius 1 is 1.37 bits per heavy atom. The number of carbonyl (C=O) groups excluding carboxylic acids is 1. The average molecular weight is 281 g/mol. The zero-order valence-corrected chi connectivity index (χ0v) is 11.8. The molecule has 0 aliphatic carbocycles. The highest BCUT2D eigenvalue weighted by atomic mass is 32.2. The van der Waals surface area contributed by atoms with Crippen LogP contribution < -0.4 is 5.32 Å². The van der Waals surface area contributed by atoms with Crippen molar-refractivity contribution < 1.29 is 14.7 Å². The molecule has 19 heavy (non-hydrogen) atoms. The maximum Gasteiger partial charge on any atom is 0.335 e. The van der Waals surface area contributed by atoms with Crippen molar-refractivity contribution in [2.24, 2.45) is 0 Å². The van der Waals surface area contributed by atoms with Crippen LogP contribution >= 0.6 is 11.8 Å². The van der Waals surface area contributed by atoms with Crippen molar-refractivity contribution in [3.63, 3.8) is 0 Å². The van der Waals surface area contributed by atoms with Crippen molar-refractivity contribution in [3.05, 3.63) is 35.4 Å². The lowest BCUT2D eigenvalue weighted by atomic mass is 10.1. The van der Waals surface area contributed by atoms with E-state index in [1.54, 1.807) is 30.0 Å². The van der Waals surface area contributed by atoms with Gasteiger partial charge in [-0.25, -0.2) is 4.79 Å². The first-order chi connectivity index (χ1) is 9.13. The van der Waals surface area contributed by atoms with Gasteiger partial charge in [-0.15, -0.1) is 0 Å². The van der Waals surface area contributed by atoms with Crippen LogP contribution in [-0.4, -0.2) is 28.5 Å². The molecule has 0 aliphatic rings. The lowest BCUT2D eigenvalue weighted by Crippen LogP contribution is -2.24. The summed E-state index contributed by atoms with van der Waals surface area (Å²) >= 11 is 1.62. The van der Waals surface area contributed by atoms with Crippen LogP contribution in [0.4, 0.5) is 0 Å². The minimum Gasteiger partial charge on any atom is -0.478 e. The van der Waals surface area contributed by atoms with Crippen LogP contribution in [0.5, 0.6) is 0 Å². The van der Waals surface area contributed by atoms with Crippen molar-refractivity contribution >= 4 is 23.6 Å². The lowest BCUT2D eigenvalue weighted by molar-refractivity contribution is -0.118. The molecule has 2 N–H and O–H groups in total. The molecule has 1 aromatic rings. The highest BCUT2D eigenvalue weighted by Crippen LogP contribution is 2.06. The molecule has 0 spiro atoms. The molecule has 0 saturated heterocycles. The van der Waals surface area contributed by atoms with Crippen molar-refractivity contribution in [3.8, 4) is 0 Å². The van der Waals surface area contributed by atoms with Crippen molar-refractivity contribution in [1.29, 1.82) is 0 Å². The van der Waals surface area contributed by atoms with E-state index in [2.05, 4.69) is 12.2 Å². The number of hydrogen-bond donors (Lipinski definition) is 2. The van der Waals surface area contributed by atoms with Crippen LogP contribution in [0.25, 0.3) is 0 Å². The molecule has 0 saturated carbocycles. The summed E-state index contributed by atoms with van der Waals surface area (Å²) in [5.41, 5.74) is 1.04. The fraction of sp³-hybridized carbons (Fsp3) is 0.429. The van der Waals surface area contributed by atoms with Gasteiger partial charge in [-0.1, -0.05) is 25.5 Å². The van der Waals surface area contributed by atoms with E-state index in [-0.39, 0.29) is 11.5 Å². The van der Waals surface area contributed by atoms with E-state index in [4.69, 9.17) is 5.11 Å². The van der Waals surface area contributed by atoms with E-state index in [0.29, 0.717) is 12.3 Å². The summed E-state index contributed by atoms with van der Waals surface area (Å²) in [6, 6.07) is 6.60. The number of carbonyl (C=O) groups is 2. The average Bonchev–Trinajstić information content (AvgIpc) is 2.41. The van der Waals surface area contributed by atoms with Gasteiger partial charge in [0.1, 0.15) is 0 Å². The summed E-state index contributed by atoms with van der Waals surface area (Å²) in [4.78, 5) is 22.4. The Hall–Kier alpha value is -1.49. The third kappa shape index (κ3) is 6.29. The van der Waals surface area contributed by atoms with Gasteiger partial charge in [0.25, 0.3) is 0 Å². The third-order valence-electron chi connectivity index (χ3n) is 2.54. The molecule has 0 fully saturated rings. The lowest BCUT2D eigenvalue weighted by Gasteiger charge is -2.06. The van der Waals surface area contributed by atoms with E-state index >= 15 is 0 Å². The molecular formula is C14H19NO3S. The summed E-state index contributed by atoms with van der Waals surface area (Å²) in [5.74, 6) is 0.488. The van der Waals surface area contributed by atoms with E-state index < -0.39 is 5.97 Å². The highest BCUT2D eigenvalue weighted by molar-refractivity contribution is 7.99. The van der Waals surface area contributed by atoms with E-state index in [1.165, 1.54) is 6.07 Å². The number of hydrogen-bond acceptors (Lipinski definition) is 3. The molecule has 0 radical (unpaired) electrons. The van der Waals surface area contributed by atoms with Crippen molar-refractivity contribution in [2.45, 2.75) is 26.3 Å². The van der Waals surface area contributed by atoms with Gasteiger partial charge in [0.15, 0.2) is 0 Å². The molecule has 5 heteroatoms. The van der Waals surface area contributed by atoms with Gasteiger partial charge >= 0.3 is 5.97 Å².